The minimum atomic E-state index is -0.739. The van der Waals surface area contributed by atoms with Gasteiger partial charge in [0.05, 0.1) is 21.6 Å². The molecule has 0 spiro atoms. The van der Waals surface area contributed by atoms with Gasteiger partial charge in [0.1, 0.15) is 10.7 Å². The van der Waals surface area contributed by atoms with E-state index in [1.165, 1.54) is 11.3 Å². The van der Waals surface area contributed by atoms with E-state index in [0.29, 0.717) is 10.3 Å². The summed E-state index contributed by atoms with van der Waals surface area (Å²) in [5, 5.41) is 11.4. The minimum Gasteiger partial charge on any atom is -0.381 e. The molecule has 1 N–H and O–H groups in total. The van der Waals surface area contributed by atoms with Gasteiger partial charge in [-0.3, -0.25) is 0 Å². The lowest BCUT2D eigenvalue weighted by molar-refractivity contribution is 0.218. The highest BCUT2D eigenvalue weighted by atomic mass is 79.9. The highest BCUT2D eigenvalue weighted by Crippen LogP contribution is 2.30. The number of aliphatic hydroxyl groups is 1. The summed E-state index contributed by atoms with van der Waals surface area (Å²) in [7, 11) is 0. The fraction of sp³-hybridized carbons (Fsp3) is 0.0769. The van der Waals surface area contributed by atoms with Crippen LogP contribution >= 0.6 is 27.3 Å². The van der Waals surface area contributed by atoms with Crippen LogP contribution in [0.5, 0.6) is 0 Å². The standard InChI is InChI=1S/C13H9BrN2OS/c14-13-12(18-7-15-13)11(17)10-6-5-8-3-1-2-4-9(8)16-10/h1-7,11,17H. The third kappa shape index (κ3) is 2.05. The fourth-order valence-corrected chi connectivity index (χ4v) is 3.19. The lowest BCUT2D eigenvalue weighted by atomic mass is 10.1. The maximum Gasteiger partial charge on any atom is 0.133 e. The Balaban J connectivity index is 2.07. The van der Waals surface area contributed by atoms with Crippen molar-refractivity contribution < 1.29 is 5.11 Å². The van der Waals surface area contributed by atoms with Crippen molar-refractivity contribution in [1.29, 1.82) is 0 Å². The van der Waals surface area contributed by atoms with Crippen LogP contribution in [0.3, 0.4) is 0 Å². The number of aliphatic hydroxyl groups excluding tert-OH is 1. The quantitative estimate of drug-likeness (QED) is 0.785. The molecule has 0 amide bonds. The Morgan fingerprint density at radius 2 is 2.00 bits per heavy atom. The number of benzene rings is 1. The summed E-state index contributed by atoms with van der Waals surface area (Å²) in [6.45, 7) is 0. The molecule has 90 valence electrons. The van der Waals surface area contributed by atoms with Crippen molar-refractivity contribution in [2.75, 3.05) is 0 Å². The molecule has 0 fully saturated rings. The summed E-state index contributed by atoms with van der Waals surface area (Å²) in [6, 6.07) is 11.7. The molecular formula is C13H9BrN2OS. The molecule has 0 saturated heterocycles. The molecule has 0 radical (unpaired) electrons. The molecule has 3 nitrogen and oxygen atoms in total. The number of hydrogen-bond donors (Lipinski definition) is 1. The molecule has 1 atom stereocenters. The normalized spacial score (nSPS) is 12.8. The van der Waals surface area contributed by atoms with Crippen LogP contribution in [0.4, 0.5) is 0 Å². The van der Waals surface area contributed by atoms with Gasteiger partial charge in [-0.15, -0.1) is 11.3 Å². The molecule has 0 bridgehead atoms. The van der Waals surface area contributed by atoms with Gasteiger partial charge in [0.25, 0.3) is 0 Å². The van der Waals surface area contributed by atoms with Crippen molar-refractivity contribution in [1.82, 2.24) is 9.97 Å². The Bertz CT molecular complexity index is 698. The molecule has 18 heavy (non-hydrogen) atoms. The van der Waals surface area contributed by atoms with Gasteiger partial charge in [-0.25, -0.2) is 9.97 Å². The van der Waals surface area contributed by atoms with Crippen molar-refractivity contribution in [2.24, 2.45) is 0 Å². The third-order valence-electron chi connectivity index (χ3n) is 2.70. The maximum absolute atomic E-state index is 10.3. The van der Waals surface area contributed by atoms with Crippen LogP contribution in [0.25, 0.3) is 10.9 Å². The number of hydrogen-bond acceptors (Lipinski definition) is 4. The summed E-state index contributed by atoms with van der Waals surface area (Å²) in [6.07, 6.45) is -0.739. The molecule has 1 unspecified atom stereocenters. The second-order valence-corrected chi connectivity index (χ2v) is 5.48. The minimum absolute atomic E-state index is 0.638. The number of thiazole rings is 1. The summed E-state index contributed by atoms with van der Waals surface area (Å²) in [4.78, 5) is 9.33. The van der Waals surface area contributed by atoms with Crippen molar-refractivity contribution in [2.45, 2.75) is 6.10 Å². The third-order valence-corrected chi connectivity index (χ3v) is 4.47. The summed E-state index contributed by atoms with van der Waals surface area (Å²) < 4.78 is 0.676. The molecule has 0 aliphatic rings. The van der Waals surface area contributed by atoms with Gasteiger partial charge in [0, 0.05) is 5.39 Å². The van der Waals surface area contributed by atoms with E-state index in [2.05, 4.69) is 25.9 Å². The smallest absolute Gasteiger partial charge is 0.133 e. The van der Waals surface area contributed by atoms with Crippen LogP contribution in [0.15, 0.2) is 46.5 Å². The second kappa shape index (κ2) is 4.76. The predicted molar refractivity (Wildman–Crippen MR) is 75.6 cm³/mol. The number of aromatic nitrogens is 2. The Morgan fingerprint density at radius 1 is 1.17 bits per heavy atom. The molecule has 2 aromatic heterocycles. The Kier molecular flexibility index (Phi) is 3.11. The number of pyridine rings is 1. The number of fused-ring (bicyclic) bond motifs is 1. The molecule has 1 aromatic carbocycles. The number of halogens is 1. The van der Waals surface area contributed by atoms with Crippen LogP contribution in [-0.4, -0.2) is 15.1 Å². The summed E-state index contributed by atoms with van der Waals surface area (Å²) in [5.41, 5.74) is 3.22. The molecular weight excluding hydrogens is 312 g/mol. The molecule has 0 aliphatic carbocycles. The second-order valence-electron chi connectivity index (χ2n) is 3.84. The van der Waals surface area contributed by atoms with Crippen molar-refractivity contribution in [3.8, 4) is 0 Å². The lowest BCUT2D eigenvalue weighted by Crippen LogP contribution is -2.01. The van der Waals surface area contributed by atoms with Gasteiger partial charge in [0.15, 0.2) is 0 Å². The SMILES string of the molecule is OC(c1ccc2ccccc2n1)c1scnc1Br. The number of nitrogens with zero attached hydrogens (tertiary/aromatic N) is 2. The van der Waals surface area contributed by atoms with E-state index in [0.717, 1.165) is 15.8 Å². The largest absolute Gasteiger partial charge is 0.381 e. The Hall–Kier alpha value is -1.30. The lowest BCUT2D eigenvalue weighted by Gasteiger charge is -2.09. The first-order valence-corrected chi connectivity index (χ1v) is 7.05. The van der Waals surface area contributed by atoms with Gasteiger partial charge < -0.3 is 5.11 Å². The van der Waals surface area contributed by atoms with Gasteiger partial charge >= 0.3 is 0 Å². The van der Waals surface area contributed by atoms with Crippen LogP contribution in [-0.2, 0) is 0 Å². The average Bonchev–Trinajstić information content (AvgIpc) is 2.83. The fourth-order valence-electron chi connectivity index (χ4n) is 1.79. The number of para-hydroxylation sites is 1. The van der Waals surface area contributed by atoms with Crippen molar-refractivity contribution >= 4 is 38.2 Å². The monoisotopic (exact) mass is 320 g/mol. The van der Waals surface area contributed by atoms with E-state index in [1.54, 1.807) is 5.51 Å². The van der Waals surface area contributed by atoms with Crippen LogP contribution < -0.4 is 0 Å². The summed E-state index contributed by atoms with van der Waals surface area (Å²) >= 11 is 4.74. The van der Waals surface area contributed by atoms with E-state index in [1.807, 2.05) is 36.4 Å². The summed E-state index contributed by atoms with van der Waals surface area (Å²) in [5.74, 6) is 0. The van der Waals surface area contributed by atoms with Gasteiger partial charge in [-0.05, 0) is 28.1 Å². The zero-order chi connectivity index (χ0) is 12.5. The molecule has 2 heterocycles. The first-order valence-electron chi connectivity index (χ1n) is 5.38. The van der Waals surface area contributed by atoms with E-state index in [-0.39, 0.29) is 0 Å². The first kappa shape index (κ1) is 11.8. The molecule has 5 heteroatoms. The predicted octanol–water partition coefficient (Wildman–Crippen LogP) is 3.54. The maximum atomic E-state index is 10.3. The molecule has 3 rings (SSSR count). The van der Waals surface area contributed by atoms with E-state index in [4.69, 9.17) is 0 Å². The topological polar surface area (TPSA) is 46.0 Å². The molecule has 3 aromatic rings. The number of rotatable bonds is 2. The van der Waals surface area contributed by atoms with Crippen molar-refractivity contribution in [3.05, 3.63) is 57.1 Å². The van der Waals surface area contributed by atoms with Crippen LogP contribution in [0, 0.1) is 0 Å². The zero-order valence-electron chi connectivity index (χ0n) is 9.25. The van der Waals surface area contributed by atoms with E-state index in [9.17, 15) is 5.11 Å². The highest BCUT2D eigenvalue weighted by molar-refractivity contribution is 9.10. The van der Waals surface area contributed by atoms with E-state index >= 15 is 0 Å². The Labute approximate surface area is 116 Å². The van der Waals surface area contributed by atoms with Gasteiger partial charge in [-0.2, -0.15) is 0 Å². The van der Waals surface area contributed by atoms with Gasteiger partial charge in [-0.1, -0.05) is 24.3 Å². The van der Waals surface area contributed by atoms with Crippen LogP contribution in [0.2, 0.25) is 0 Å². The molecule has 0 saturated carbocycles. The van der Waals surface area contributed by atoms with Gasteiger partial charge in [0.2, 0.25) is 0 Å². The first-order chi connectivity index (χ1) is 8.75. The highest BCUT2D eigenvalue weighted by Gasteiger charge is 2.17. The zero-order valence-corrected chi connectivity index (χ0v) is 11.6. The van der Waals surface area contributed by atoms with E-state index < -0.39 is 6.10 Å². The van der Waals surface area contributed by atoms with Crippen LogP contribution in [0.1, 0.15) is 16.7 Å². The average molecular weight is 321 g/mol. The molecule has 0 aliphatic heterocycles. The van der Waals surface area contributed by atoms with Crippen molar-refractivity contribution in [3.63, 3.8) is 0 Å². The Morgan fingerprint density at radius 3 is 2.78 bits per heavy atom.